The quantitative estimate of drug-likeness (QED) is 0.703. The van der Waals surface area contributed by atoms with Crippen LogP contribution in [0.3, 0.4) is 0 Å². The zero-order valence-corrected chi connectivity index (χ0v) is 17.9. The molecule has 1 aromatic heterocycles. The number of sulfonamides is 1. The third-order valence-electron chi connectivity index (χ3n) is 5.52. The number of pyridine rings is 1. The van der Waals surface area contributed by atoms with Crippen molar-refractivity contribution in [1.29, 1.82) is 0 Å². The number of amides is 1. The SMILES string of the molecule is O=C(CSCc1cccnc1)N1CCC[C@H](S(=O)(=O)N2CCc3ccccc32)C1. The molecule has 2 aliphatic rings. The fourth-order valence-electron chi connectivity index (χ4n) is 3.99. The summed E-state index contributed by atoms with van der Waals surface area (Å²) in [6.45, 7) is 1.41. The van der Waals surface area contributed by atoms with Crippen molar-refractivity contribution < 1.29 is 13.2 Å². The second-order valence-electron chi connectivity index (χ2n) is 7.45. The van der Waals surface area contributed by atoms with Gasteiger partial charge in [0, 0.05) is 37.8 Å². The fourth-order valence-corrected chi connectivity index (χ4v) is 6.85. The van der Waals surface area contributed by atoms with Crippen molar-refractivity contribution in [1.82, 2.24) is 9.88 Å². The number of nitrogens with zero attached hydrogens (tertiary/aromatic N) is 3. The molecule has 1 amide bonds. The summed E-state index contributed by atoms with van der Waals surface area (Å²) in [4.78, 5) is 18.5. The molecule has 1 aromatic carbocycles. The van der Waals surface area contributed by atoms with Gasteiger partial charge in [0.1, 0.15) is 0 Å². The number of hydrogen-bond donors (Lipinski definition) is 0. The zero-order valence-electron chi connectivity index (χ0n) is 16.2. The van der Waals surface area contributed by atoms with Gasteiger partial charge in [-0.15, -0.1) is 11.8 Å². The minimum absolute atomic E-state index is 0.0145. The molecule has 29 heavy (non-hydrogen) atoms. The van der Waals surface area contributed by atoms with Gasteiger partial charge in [0.05, 0.1) is 16.7 Å². The van der Waals surface area contributed by atoms with Crippen LogP contribution in [0.4, 0.5) is 5.69 Å². The molecular formula is C21H25N3O3S2. The number of para-hydroxylation sites is 1. The number of carbonyl (C=O) groups excluding carboxylic acids is 1. The summed E-state index contributed by atoms with van der Waals surface area (Å²) in [5.41, 5.74) is 2.95. The molecule has 6 nitrogen and oxygen atoms in total. The lowest BCUT2D eigenvalue weighted by molar-refractivity contribution is -0.129. The van der Waals surface area contributed by atoms with Gasteiger partial charge in [-0.05, 0) is 42.5 Å². The predicted molar refractivity (Wildman–Crippen MR) is 116 cm³/mol. The molecule has 0 aliphatic carbocycles. The lowest BCUT2D eigenvalue weighted by Crippen LogP contribution is -2.49. The summed E-state index contributed by atoms with van der Waals surface area (Å²) in [5.74, 6) is 1.09. The van der Waals surface area contributed by atoms with E-state index in [4.69, 9.17) is 0 Å². The molecule has 0 bridgehead atoms. The van der Waals surface area contributed by atoms with E-state index < -0.39 is 15.3 Å². The minimum Gasteiger partial charge on any atom is -0.341 e. The number of fused-ring (bicyclic) bond motifs is 1. The van der Waals surface area contributed by atoms with Crippen LogP contribution in [0.5, 0.6) is 0 Å². The number of hydrogen-bond acceptors (Lipinski definition) is 5. The molecule has 0 radical (unpaired) electrons. The topological polar surface area (TPSA) is 70.6 Å². The second-order valence-corrected chi connectivity index (χ2v) is 10.6. The predicted octanol–water partition coefficient (Wildman–Crippen LogP) is 2.70. The first-order valence-corrected chi connectivity index (χ1v) is 12.6. The van der Waals surface area contributed by atoms with Crippen LogP contribution in [0, 0.1) is 0 Å². The van der Waals surface area contributed by atoms with E-state index in [1.807, 2.05) is 36.4 Å². The van der Waals surface area contributed by atoms with Gasteiger partial charge >= 0.3 is 0 Å². The normalized spacial score (nSPS) is 19.2. The van der Waals surface area contributed by atoms with Crippen LogP contribution in [0.25, 0.3) is 0 Å². The van der Waals surface area contributed by atoms with E-state index >= 15 is 0 Å². The summed E-state index contributed by atoms with van der Waals surface area (Å²) >= 11 is 1.54. The average Bonchev–Trinajstić information content (AvgIpc) is 3.19. The summed E-state index contributed by atoms with van der Waals surface area (Å²) in [7, 11) is -3.48. The maximum Gasteiger partial charge on any atom is 0.239 e. The number of anilines is 1. The lowest BCUT2D eigenvalue weighted by atomic mass is 10.1. The van der Waals surface area contributed by atoms with Gasteiger partial charge in [-0.2, -0.15) is 0 Å². The molecule has 1 saturated heterocycles. The van der Waals surface area contributed by atoms with Crippen LogP contribution < -0.4 is 4.31 Å². The first-order valence-electron chi connectivity index (χ1n) is 9.89. The molecule has 3 heterocycles. The largest absolute Gasteiger partial charge is 0.341 e. The first kappa shape index (κ1) is 20.2. The highest BCUT2D eigenvalue weighted by molar-refractivity contribution is 7.99. The second kappa shape index (κ2) is 8.75. The lowest BCUT2D eigenvalue weighted by Gasteiger charge is -2.35. The van der Waals surface area contributed by atoms with Crippen molar-refractivity contribution in [3.8, 4) is 0 Å². The van der Waals surface area contributed by atoms with Gasteiger partial charge in [0.15, 0.2) is 0 Å². The van der Waals surface area contributed by atoms with Gasteiger partial charge in [-0.1, -0.05) is 24.3 Å². The molecule has 0 saturated carbocycles. The van der Waals surface area contributed by atoms with Gasteiger partial charge in [0.25, 0.3) is 0 Å². The van der Waals surface area contributed by atoms with Crippen molar-refractivity contribution in [2.45, 2.75) is 30.3 Å². The number of thioether (sulfide) groups is 1. The molecule has 154 valence electrons. The molecule has 8 heteroatoms. The third-order valence-corrected chi connectivity index (χ3v) is 8.73. The molecule has 1 fully saturated rings. The number of piperidine rings is 1. The van der Waals surface area contributed by atoms with Crippen molar-refractivity contribution in [2.24, 2.45) is 0 Å². The average molecular weight is 432 g/mol. The van der Waals surface area contributed by atoms with Crippen molar-refractivity contribution in [3.05, 3.63) is 59.9 Å². The monoisotopic (exact) mass is 431 g/mol. The molecule has 0 spiro atoms. The molecular weight excluding hydrogens is 406 g/mol. The molecule has 2 aliphatic heterocycles. The van der Waals surface area contributed by atoms with Gasteiger partial charge in [0.2, 0.25) is 15.9 Å². The van der Waals surface area contributed by atoms with E-state index in [0.29, 0.717) is 25.3 Å². The number of likely N-dealkylation sites (tertiary alicyclic amines) is 1. The van der Waals surface area contributed by atoms with Crippen LogP contribution in [0.1, 0.15) is 24.0 Å². The zero-order chi connectivity index (χ0) is 20.3. The summed E-state index contributed by atoms with van der Waals surface area (Å²) in [5, 5.41) is -0.533. The van der Waals surface area contributed by atoms with Gasteiger partial charge in [-0.25, -0.2) is 8.42 Å². The van der Waals surface area contributed by atoms with E-state index in [9.17, 15) is 13.2 Å². The van der Waals surface area contributed by atoms with E-state index in [-0.39, 0.29) is 12.5 Å². The van der Waals surface area contributed by atoms with E-state index in [2.05, 4.69) is 4.98 Å². The van der Waals surface area contributed by atoms with E-state index in [1.165, 1.54) is 0 Å². The Morgan fingerprint density at radius 2 is 2.03 bits per heavy atom. The standard InChI is InChI=1S/C21H25N3O3S2/c25-21(16-28-15-17-5-3-10-22-13-17)23-11-4-7-19(14-23)29(26,27)24-12-9-18-6-1-2-8-20(18)24/h1-3,5-6,8,10,13,19H,4,7,9,11-12,14-16H2/t19-/m0/s1. The highest BCUT2D eigenvalue weighted by Crippen LogP contribution is 2.33. The smallest absolute Gasteiger partial charge is 0.239 e. The van der Waals surface area contributed by atoms with Crippen LogP contribution in [0.15, 0.2) is 48.8 Å². The molecule has 0 unspecified atom stereocenters. The Morgan fingerprint density at radius 3 is 2.86 bits per heavy atom. The van der Waals surface area contributed by atoms with Gasteiger partial charge in [-0.3, -0.25) is 14.1 Å². The van der Waals surface area contributed by atoms with Crippen molar-refractivity contribution in [3.63, 3.8) is 0 Å². The number of rotatable bonds is 6. The first-order chi connectivity index (χ1) is 14.1. The van der Waals surface area contributed by atoms with Crippen LogP contribution >= 0.6 is 11.8 Å². The van der Waals surface area contributed by atoms with Crippen LogP contribution in [0.2, 0.25) is 0 Å². The number of aromatic nitrogens is 1. The third kappa shape index (κ3) is 4.43. The molecule has 4 rings (SSSR count). The van der Waals surface area contributed by atoms with Crippen molar-refractivity contribution in [2.75, 3.05) is 29.7 Å². The Morgan fingerprint density at radius 1 is 1.17 bits per heavy atom. The summed E-state index contributed by atoms with van der Waals surface area (Å²) in [6.07, 6.45) is 5.60. The highest BCUT2D eigenvalue weighted by Gasteiger charge is 2.39. The Balaban J connectivity index is 1.37. The van der Waals surface area contributed by atoms with Crippen molar-refractivity contribution >= 4 is 33.4 Å². The minimum atomic E-state index is -3.48. The Kier molecular flexibility index (Phi) is 6.10. The maximum atomic E-state index is 13.3. The Labute approximate surface area is 176 Å². The number of carbonyl (C=O) groups is 1. The fraction of sp³-hybridized carbons (Fsp3) is 0.429. The highest BCUT2D eigenvalue weighted by atomic mass is 32.2. The summed E-state index contributed by atoms with van der Waals surface area (Å²) in [6, 6.07) is 11.6. The Bertz CT molecular complexity index is 966. The van der Waals surface area contributed by atoms with Crippen LogP contribution in [-0.2, 0) is 27.0 Å². The van der Waals surface area contributed by atoms with E-state index in [0.717, 1.165) is 35.4 Å². The Hall–Kier alpha value is -2.06. The van der Waals surface area contributed by atoms with Crippen LogP contribution in [-0.4, -0.2) is 54.8 Å². The number of benzene rings is 1. The van der Waals surface area contributed by atoms with E-state index in [1.54, 1.807) is 33.4 Å². The molecule has 0 N–H and O–H groups in total. The molecule has 2 aromatic rings. The summed E-state index contributed by atoms with van der Waals surface area (Å²) < 4.78 is 28.1. The molecule has 1 atom stereocenters. The maximum absolute atomic E-state index is 13.3. The van der Waals surface area contributed by atoms with Gasteiger partial charge < -0.3 is 4.90 Å².